The molecular formula is C48H50N2O4. The summed E-state index contributed by atoms with van der Waals surface area (Å²) in [4.78, 5) is 30.8. The smallest absolute Gasteiger partial charge is 0.253 e. The van der Waals surface area contributed by atoms with E-state index in [1.807, 2.05) is 34.1 Å². The van der Waals surface area contributed by atoms with Crippen molar-refractivity contribution in [2.45, 2.75) is 75.5 Å². The third-order valence-corrected chi connectivity index (χ3v) is 12.8. The zero-order valence-electron chi connectivity index (χ0n) is 31.6. The Kier molecular flexibility index (Phi) is 8.95. The molecule has 5 aromatic rings. The molecule has 4 heterocycles. The zero-order valence-corrected chi connectivity index (χ0v) is 31.6. The van der Waals surface area contributed by atoms with Gasteiger partial charge in [0, 0.05) is 59.3 Å². The molecule has 0 radical (unpaired) electrons. The molecule has 2 unspecified atom stereocenters. The molecule has 0 bridgehead atoms. The number of fused-ring (bicyclic) bond motifs is 3. The van der Waals surface area contributed by atoms with Gasteiger partial charge in [-0.1, -0.05) is 92.7 Å². The number of benzene rings is 5. The first kappa shape index (κ1) is 34.7. The van der Waals surface area contributed by atoms with Crippen molar-refractivity contribution in [1.29, 1.82) is 0 Å². The molecule has 276 valence electrons. The molecule has 9 rings (SSSR count). The van der Waals surface area contributed by atoms with Crippen molar-refractivity contribution in [2.24, 2.45) is 0 Å². The molecule has 2 fully saturated rings. The monoisotopic (exact) mass is 718 g/mol. The van der Waals surface area contributed by atoms with Crippen LogP contribution in [-0.4, -0.2) is 61.0 Å². The predicted octanol–water partition coefficient (Wildman–Crippen LogP) is 9.27. The number of piperidine rings is 2. The van der Waals surface area contributed by atoms with E-state index in [2.05, 4.69) is 92.7 Å². The molecule has 4 aliphatic heterocycles. The molecule has 4 aliphatic rings. The minimum Gasteiger partial charge on any atom is -0.492 e. The number of rotatable bonds is 7. The summed E-state index contributed by atoms with van der Waals surface area (Å²) in [5.41, 5.74) is 7.46. The molecule has 0 spiro atoms. The Balaban J connectivity index is 0.808. The highest BCUT2D eigenvalue weighted by Gasteiger charge is 2.39. The van der Waals surface area contributed by atoms with Gasteiger partial charge in [-0.3, -0.25) is 9.59 Å². The Labute approximate surface area is 319 Å². The average Bonchev–Trinajstić information content (AvgIpc) is 3.72. The van der Waals surface area contributed by atoms with Gasteiger partial charge in [0.15, 0.2) is 0 Å². The lowest BCUT2D eigenvalue weighted by Crippen LogP contribution is -2.38. The molecule has 0 aliphatic carbocycles. The lowest BCUT2D eigenvalue weighted by Gasteiger charge is -2.32. The summed E-state index contributed by atoms with van der Waals surface area (Å²) in [6.07, 6.45) is 7.04. The van der Waals surface area contributed by atoms with Gasteiger partial charge in [-0.25, -0.2) is 0 Å². The number of likely N-dealkylation sites (tertiary alicyclic amines) is 2. The normalized spacial score (nSPS) is 22.4. The van der Waals surface area contributed by atoms with E-state index >= 15 is 0 Å². The van der Waals surface area contributed by atoms with Crippen LogP contribution in [0, 0.1) is 0 Å². The number of nitrogens with zero attached hydrogens (tertiary/aromatic N) is 2. The van der Waals surface area contributed by atoms with Crippen molar-refractivity contribution in [2.75, 3.05) is 39.4 Å². The predicted molar refractivity (Wildman–Crippen MR) is 214 cm³/mol. The summed E-state index contributed by atoms with van der Waals surface area (Å²) in [6, 6.07) is 36.4. The van der Waals surface area contributed by atoms with Gasteiger partial charge in [-0.2, -0.15) is 0 Å². The Morgan fingerprint density at radius 3 is 1.85 bits per heavy atom. The van der Waals surface area contributed by atoms with Crippen molar-refractivity contribution < 1.29 is 19.1 Å². The van der Waals surface area contributed by atoms with Crippen molar-refractivity contribution in [3.05, 3.63) is 142 Å². The first-order chi connectivity index (χ1) is 26.3. The minimum atomic E-state index is -0.153. The van der Waals surface area contributed by atoms with Gasteiger partial charge >= 0.3 is 0 Å². The second kappa shape index (κ2) is 14.0. The van der Waals surface area contributed by atoms with Gasteiger partial charge in [0.05, 0.1) is 13.2 Å². The maximum Gasteiger partial charge on any atom is 0.253 e. The Bertz CT molecular complexity index is 2210. The van der Waals surface area contributed by atoms with Gasteiger partial charge in [0.25, 0.3) is 11.8 Å². The standard InChI is InChI=1S/C48H50N2O4/c1-47(31-53-43-27-37(17-19-41(43)47)45(51)49-23-6-3-7-24-49)29-33-13-15-34(16-14-33)35-21-25-50(26-22-35)46(52)38-18-20-42-44(28-38)54-32-48(42,2)30-39-11-8-10-36-9-4-5-12-40(36)39/h4-5,8-20,27-28,35H,3,6-7,21-26,29-32H2,1-2H3. The van der Waals surface area contributed by atoms with Crippen molar-refractivity contribution in [3.8, 4) is 11.5 Å². The van der Waals surface area contributed by atoms with Gasteiger partial charge in [-0.05, 0) is 103 Å². The molecule has 2 atom stereocenters. The maximum absolute atomic E-state index is 13.7. The molecular weight excluding hydrogens is 669 g/mol. The zero-order chi connectivity index (χ0) is 36.9. The molecule has 2 amide bonds. The van der Waals surface area contributed by atoms with E-state index in [4.69, 9.17) is 9.47 Å². The maximum atomic E-state index is 13.7. The second-order valence-corrected chi connectivity index (χ2v) is 16.8. The Morgan fingerprint density at radius 1 is 0.630 bits per heavy atom. The molecule has 0 N–H and O–H groups in total. The van der Waals surface area contributed by atoms with E-state index in [1.54, 1.807) is 0 Å². The largest absolute Gasteiger partial charge is 0.492 e. The Hall–Kier alpha value is -5.10. The van der Waals surface area contributed by atoms with Crippen LogP contribution in [0.25, 0.3) is 10.8 Å². The quantitative estimate of drug-likeness (QED) is 0.168. The highest BCUT2D eigenvalue weighted by Crippen LogP contribution is 2.44. The first-order valence-corrected chi connectivity index (χ1v) is 20.0. The van der Waals surface area contributed by atoms with Crippen LogP contribution >= 0.6 is 0 Å². The van der Waals surface area contributed by atoms with Crippen LogP contribution in [0.2, 0.25) is 0 Å². The van der Waals surface area contributed by atoms with E-state index < -0.39 is 0 Å². The van der Waals surface area contributed by atoms with Gasteiger partial charge < -0.3 is 19.3 Å². The van der Waals surface area contributed by atoms with E-state index in [0.29, 0.717) is 24.7 Å². The average molecular weight is 719 g/mol. The summed E-state index contributed by atoms with van der Waals surface area (Å²) in [6.45, 7) is 8.95. The molecule has 54 heavy (non-hydrogen) atoms. The van der Waals surface area contributed by atoms with E-state index in [0.717, 1.165) is 81.8 Å². The lowest BCUT2D eigenvalue weighted by atomic mass is 9.78. The fraction of sp³-hybridized carbons (Fsp3) is 0.375. The van der Waals surface area contributed by atoms with E-state index in [9.17, 15) is 9.59 Å². The van der Waals surface area contributed by atoms with Crippen LogP contribution in [-0.2, 0) is 23.7 Å². The number of carbonyl (C=O) groups is 2. The SMILES string of the molecule is CC1(Cc2ccc(C3CCN(C(=O)c4ccc5c(c4)OCC5(C)Cc4cccc5ccccc45)CC3)cc2)COc2cc(C(=O)N3CCCCC3)ccc21. The summed E-state index contributed by atoms with van der Waals surface area (Å²) < 4.78 is 12.5. The molecule has 5 aromatic carbocycles. The lowest BCUT2D eigenvalue weighted by molar-refractivity contribution is 0.0709. The number of hydrogen-bond donors (Lipinski definition) is 0. The molecule has 0 aromatic heterocycles. The van der Waals surface area contributed by atoms with Crippen LogP contribution < -0.4 is 9.47 Å². The number of amides is 2. The van der Waals surface area contributed by atoms with Crippen LogP contribution in [0.5, 0.6) is 11.5 Å². The molecule has 6 heteroatoms. The summed E-state index contributed by atoms with van der Waals surface area (Å²) in [7, 11) is 0. The van der Waals surface area contributed by atoms with E-state index in [-0.39, 0.29) is 22.6 Å². The molecule has 6 nitrogen and oxygen atoms in total. The van der Waals surface area contributed by atoms with Crippen LogP contribution in [0.1, 0.15) is 100 Å². The van der Waals surface area contributed by atoms with Gasteiger partial charge in [0.2, 0.25) is 0 Å². The summed E-state index contributed by atoms with van der Waals surface area (Å²) >= 11 is 0. The number of hydrogen-bond acceptors (Lipinski definition) is 4. The number of ether oxygens (including phenoxy) is 2. The van der Waals surface area contributed by atoms with Gasteiger partial charge in [0.1, 0.15) is 11.5 Å². The van der Waals surface area contributed by atoms with Crippen molar-refractivity contribution in [3.63, 3.8) is 0 Å². The van der Waals surface area contributed by atoms with E-state index in [1.165, 1.54) is 45.0 Å². The van der Waals surface area contributed by atoms with Crippen LogP contribution in [0.3, 0.4) is 0 Å². The highest BCUT2D eigenvalue weighted by atomic mass is 16.5. The third kappa shape index (κ3) is 6.44. The highest BCUT2D eigenvalue weighted by molar-refractivity contribution is 5.95. The van der Waals surface area contributed by atoms with Gasteiger partial charge in [-0.15, -0.1) is 0 Å². The fourth-order valence-electron chi connectivity index (χ4n) is 9.57. The third-order valence-electron chi connectivity index (χ3n) is 12.8. The fourth-order valence-corrected chi connectivity index (χ4v) is 9.57. The molecule has 2 saturated heterocycles. The Morgan fingerprint density at radius 2 is 1.20 bits per heavy atom. The first-order valence-electron chi connectivity index (χ1n) is 20.0. The van der Waals surface area contributed by atoms with Crippen molar-refractivity contribution in [1.82, 2.24) is 9.80 Å². The van der Waals surface area contributed by atoms with Crippen LogP contribution in [0.4, 0.5) is 0 Å². The van der Waals surface area contributed by atoms with Crippen molar-refractivity contribution >= 4 is 22.6 Å². The second-order valence-electron chi connectivity index (χ2n) is 16.8. The number of carbonyl (C=O) groups excluding carboxylic acids is 2. The minimum absolute atomic E-state index is 0.0909. The molecule has 0 saturated carbocycles. The van der Waals surface area contributed by atoms with Crippen LogP contribution in [0.15, 0.2) is 103 Å². The topological polar surface area (TPSA) is 59.1 Å². The summed E-state index contributed by atoms with van der Waals surface area (Å²) in [5.74, 6) is 2.33. The summed E-state index contributed by atoms with van der Waals surface area (Å²) in [5, 5.41) is 2.55.